The minimum atomic E-state index is -0.505. The summed E-state index contributed by atoms with van der Waals surface area (Å²) >= 11 is 3.30. The van der Waals surface area contributed by atoms with Crippen LogP contribution in [0.25, 0.3) is 0 Å². The Labute approximate surface area is 144 Å². The molecule has 1 fully saturated rings. The van der Waals surface area contributed by atoms with Crippen LogP contribution in [0, 0.1) is 0 Å². The summed E-state index contributed by atoms with van der Waals surface area (Å²) in [5, 5.41) is 2.87. The molecule has 1 aromatic rings. The van der Waals surface area contributed by atoms with Crippen molar-refractivity contribution in [2.75, 3.05) is 0 Å². The van der Waals surface area contributed by atoms with E-state index >= 15 is 0 Å². The van der Waals surface area contributed by atoms with E-state index in [1.54, 1.807) is 12.1 Å². The van der Waals surface area contributed by atoms with E-state index < -0.39 is 11.7 Å². The Morgan fingerprint density at radius 2 is 2.13 bits per heavy atom. The van der Waals surface area contributed by atoms with Crippen molar-refractivity contribution >= 4 is 28.3 Å². The third-order valence-corrected chi connectivity index (χ3v) is 3.92. The first kappa shape index (κ1) is 17.7. The molecule has 2 rings (SSSR count). The van der Waals surface area contributed by atoms with Crippen LogP contribution in [0.15, 0.2) is 16.7 Å². The van der Waals surface area contributed by atoms with Crippen molar-refractivity contribution < 1.29 is 19.1 Å². The molecule has 0 saturated heterocycles. The Morgan fingerprint density at radius 1 is 1.39 bits per heavy atom. The van der Waals surface area contributed by atoms with Crippen LogP contribution in [-0.4, -0.2) is 35.1 Å². The molecular weight excluding hydrogens is 364 g/mol. The van der Waals surface area contributed by atoms with Gasteiger partial charge in [-0.2, -0.15) is 0 Å². The fraction of sp³-hybridized carbons (Fsp3) is 0.562. The molecule has 0 radical (unpaired) electrons. The Hall–Kier alpha value is -1.63. The van der Waals surface area contributed by atoms with Gasteiger partial charge in [0.15, 0.2) is 12.0 Å². The molecule has 1 N–H and O–H groups in total. The van der Waals surface area contributed by atoms with E-state index in [4.69, 9.17) is 9.47 Å². The Balaban J connectivity index is 1.86. The number of hydrogen-bond acceptors (Lipinski definition) is 5. The minimum Gasteiger partial charge on any atom is -0.488 e. The summed E-state index contributed by atoms with van der Waals surface area (Å²) < 4.78 is 11.7. The summed E-state index contributed by atoms with van der Waals surface area (Å²) in [6, 6.07) is 3.37. The molecule has 6 nitrogen and oxygen atoms in total. The molecule has 0 spiro atoms. The zero-order valence-corrected chi connectivity index (χ0v) is 15.1. The lowest BCUT2D eigenvalue weighted by atomic mass is 10.2. The van der Waals surface area contributed by atoms with Gasteiger partial charge in [0.25, 0.3) is 0 Å². The van der Waals surface area contributed by atoms with Crippen LogP contribution in [-0.2, 0) is 4.74 Å². The lowest BCUT2D eigenvalue weighted by Crippen LogP contribution is -2.38. The third kappa shape index (κ3) is 5.49. The Morgan fingerprint density at radius 3 is 2.74 bits per heavy atom. The number of aldehydes is 1. The molecule has 1 saturated carbocycles. The van der Waals surface area contributed by atoms with Gasteiger partial charge in [-0.05, 0) is 61.7 Å². The first-order chi connectivity index (χ1) is 10.8. The molecule has 0 unspecified atom stereocenters. The summed E-state index contributed by atoms with van der Waals surface area (Å²) in [6.45, 7) is 5.50. The average Bonchev–Trinajstić information content (AvgIpc) is 2.86. The summed E-state index contributed by atoms with van der Waals surface area (Å²) in [7, 11) is 0. The lowest BCUT2D eigenvalue weighted by molar-refractivity contribution is 0.0502. The molecule has 0 aromatic carbocycles. The quantitative estimate of drug-likeness (QED) is 0.634. The average molecular weight is 385 g/mol. The number of carbonyl (C=O) groups is 2. The normalized spacial score (nSPS) is 20.9. The molecule has 2 atom stereocenters. The van der Waals surface area contributed by atoms with Gasteiger partial charge in [-0.15, -0.1) is 0 Å². The van der Waals surface area contributed by atoms with Crippen LogP contribution >= 0.6 is 15.9 Å². The number of aromatic nitrogens is 1. The number of hydrogen-bond donors (Lipinski definition) is 1. The molecule has 1 heterocycles. The number of pyridine rings is 1. The van der Waals surface area contributed by atoms with Crippen molar-refractivity contribution in [3.05, 3.63) is 22.4 Å². The highest BCUT2D eigenvalue weighted by molar-refractivity contribution is 9.10. The summed E-state index contributed by atoms with van der Waals surface area (Å²) in [6.07, 6.45) is 2.66. The summed E-state index contributed by atoms with van der Waals surface area (Å²) in [4.78, 5) is 26.5. The first-order valence-corrected chi connectivity index (χ1v) is 8.34. The molecule has 23 heavy (non-hydrogen) atoms. The SMILES string of the molecule is CC(C)(C)OC(=O)N[C@H]1CC[C@@H](Oc2ccc(C=O)nc2Br)C1. The van der Waals surface area contributed by atoms with Gasteiger partial charge in [-0.3, -0.25) is 4.79 Å². The van der Waals surface area contributed by atoms with Crippen molar-refractivity contribution in [3.63, 3.8) is 0 Å². The van der Waals surface area contributed by atoms with Crippen LogP contribution in [0.3, 0.4) is 0 Å². The van der Waals surface area contributed by atoms with E-state index in [1.165, 1.54) is 0 Å². The fourth-order valence-corrected chi connectivity index (χ4v) is 2.85. The van der Waals surface area contributed by atoms with Gasteiger partial charge < -0.3 is 14.8 Å². The van der Waals surface area contributed by atoms with Gasteiger partial charge in [-0.25, -0.2) is 9.78 Å². The number of halogens is 1. The predicted molar refractivity (Wildman–Crippen MR) is 88.7 cm³/mol. The van der Waals surface area contributed by atoms with Gasteiger partial charge in [-0.1, -0.05) is 0 Å². The van der Waals surface area contributed by atoms with E-state index in [9.17, 15) is 9.59 Å². The smallest absolute Gasteiger partial charge is 0.407 e. The molecule has 126 valence electrons. The zero-order chi connectivity index (χ0) is 17.0. The molecule has 1 aromatic heterocycles. The number of amides is 1. The van der Waals surface area contributed by atoms with Crippen molar-refractivity contribution in [1.29, 1.82) is 0 Å². The second-order valence-electron chi connectivity index (χ2n) is 6.54. The van der Waals surface area contributed by atoms with Crippen molar-refractivity contribution in [2.24, 2.45) is 0 Å². The van der Waals surface area contributed by atoms with Crippen LogP contribution in [0.5, 0.6) is 5.75 Å². The number of carbonyl (C=O) groups excluding carboxylic acids is 2. The zero-order valence-electron chi connectivity index (χ0n) is 13.5. The van der Waals surface area contributed by atoms with E-state index in [0.717, 1.165) is 12.8 Å². The minimum absolute atomic E-state index is 0.00452. The first-order valence-electron chi connectivity index (χ1n) is 7.55. The number of nitrogens with one attached hydrogen (secondary N) is 1. The maximum atomic E-state index is 11.8. The van der Waals surface area contributed by atoms with E-state index in [1.807, 2.05) is 20.8 Å². The third-order valence-electron chi connectivity index (χ3n) is 3.36. The maximum absolute atomic E-state index is 11.8. The molecule has 0 bridgehead atoms. The van der Waals surface area contributed by atoms with Gasteiger partial charge in [0.05, 0.1) is 0 Å². The van der Waals surface area contributed by atoms with Crippen molar-refractivity contribution in [3.8, 4) is 5.75 Å². The standard InChI is InChI=1S/C16H21BrN2O4/c1-16(2,3)23-15(21)19-10-4-6-12(8-10)22-13-7-5-11(9-20)18-14(13)17/h5,7,9-10,12H,4,6,8H2,1-3H3,(H,19,21)/t10-,12+/m0/s1. The molecule has 1 aliphatic carbocycles. The van der Waals surface area contributed by atoms with Gasteiger partial charge in [0.2, 0.25) is 0 Å². The highest BCUT2D eigenvalue weighted by Gasteiger charge is 2.29. The molecular formula is C16H21BrN2O4. The van der Waals surface area contributed by atoms with Crippen LogP contribution in [0.4, 0.5) is 4.79 Å². The highest BCUT2D eigenvalue weighted by atomic mass is 79.9. The maximum Gasteiger partial charge on any atom is 0.407 e. The fourth-order valence-electron chi connectivity index (χ4n) is 2.42. The predicted octanol–water partition coefficient (Wildman–Crippen LogP) is 3.48. The van der Waals surface area contributed by atoms with Crippen molar-refractivity contribution in [1.82, 2.24) is 10.3 Å². The van der Waals surface area contributed by atoms with Gasteiger partial charge in [0, 0.05) is 12.5 Å². The monoisotopic (exact) mass is 384 g/mol. The lowest BCUT2D eigenvalue weighted by Gasteiger charge is -2.21. The molecule has 1 amide bonds. The van der Waals surface area contributed by atoms with Crippen molar-refractivity contribution in [2.45, 2.75) is 57.8 Å². The van der Waals surface area contributed by atoms with Crippen LogP contribution < -0.4 is 10.1 Å². The second-order valence-corrected chi connectivity index (χ2v) is 7.29. The van der Waals surface area contributed by atoms with E-state index in [2.05, 4.69) is 26.2 Å². The highest BCUT2D eigenvalue weighted by Crippen LogP contribution is 2.29. The molecule has 1 aliphatic rings. The topological polar surface area (TPSA) is 77.5 Å². The number of nitrogens with zero attached hydrogens (tertiary/aromatic N) is 1. The number of ether oxygens (including phenoxy) is 2. The van der Waals surface area contributed by atoms with E-state index in [0.29, 0.717) is 28.8 Å². The van der Waals surface area contributed by atoms with Crippen LogP contribution in [0.1, 0.15) is 50.5 Å². The largest absolute Gasteiger partial charge is 0.488 e. The molecule has 7 heteroatoms. The Bertz CT molecular complexity index is 586. The number of rotatable bonds is 4. The van der Waals surface area contributed by atoms with Crippen LogP contribution in [0.2, 0.25) is 0 Å². The Kier molecular flexibility index (Phi) is 5.62. The second kappa shape index (κ2) is 7.29. The van der Waals surface area contributed by atoms with E-state index in [-0.39, 0.29) is 12.1 Å². The molecule has 0 aliphatic heterocycles. The summed E-state index contributed by atoms with van der Waals surface area (Å²) in [5.74, 6) is 0.596. The summed E-state index contributed by atoms with van der Waals surface area (Å²) in [5.41, 5.74) is -0.157. The van der Waals surface area contributed by atoms with Gasteiger partial charge in [0.1, 0.15) is 22.0 Å². The van der Waals surface area contributed by atoms with Gasteiger partial charge >= 0.3 is 6.09 Å². The number of alkyl carbamates (subject to hydrolysis) is 1.